The van der Waals surface area contributed by atoms with Gasteiger partial charge in [0.1, 0.15) is 15.8 Å². The Morgan fingerprint density at radius 2 is 2.21 bits per heavy atom. The summed E-state index contributed by atoms with van der Waals surface area (Å²) >= 11 is 6.15. The highest BCUT2D eigenvalue weighted by molar-refractivity contribution is 8.26. The molecule has 0 saturated carbocycles. The molecule has 0 unspecified atom stereocenters. The van der Waals surface area contributed by atoms with Gasteiger partial charge in [-0.3, -0.25) is 9.78 Å². The Hall–Kier alpha value is -1.92. The van der Waals surface area contributed by atoms with Crippen molar-refractivity contribution in [2.24, 2.45) is 0 Å². The summed E-state index contributed by atoms with van der Waals surface area (Å²) in [6.07, 6.45) is 3.38. The number of nitrogens with one attached hydrogen (secondary N) is 1. The number of thiocarbonyl (C=S) groups is 1. The van der Waals surface area contributed by atoms with Gasteiger partial charge in [0.25, 0.3) is 5.91 Å². The van der Waals surface area contributed by atoms with Gasteiger partial charge in [-0.15, -0.1) is 0 Å². The topological polar surface area (TPSA) is 55.1 Å². The van der Waals surface area contributed by atoms with Crippen LogP contribution in [0, 0.1) is 0 Å². The number of hydrogen-bond donors (Lipinski definition) is 1. The highest BCUT2D eigenvalue weighted by Crippen LogP contribution is 2.28. The highest BCUT2D eigenvalue weighted by Gasteiger charge is 2.22. The number of nitrogens with zero attached hydrogens (tertiary/aromatic N) is 1. The van der Waals surface area contributed by atoms with Crippen LogP contribution in [0.2, 0.25) is 0 Å². The molecule has 0 spiro atoms. The fraction of sp³-hybridized carbons (Fsp3) is 0. The molecule has 3 heterocycles. The summed E-state index contributed by atoms with van der Waals surface area (Å²) in [6, 6.07) is 9.22. The van der Waals surface area contributed by atoms with Gasteiger partial charge in [0.05, 0.1) is 4.91 Å². The van der Waals surface area contributed by atoms with Crippen molar-refractivity contribution >= 4 is 40.3 Å². The molecule has 3 rings (SSSR count). The van der Waals surface area contributed by atoms with Gasteiger partial charge < -0.3 is 9.73 Å². The predicted octanol–water partition coefficient (Wildman–Crippen LogP) is 2.83. The van der Waals surface area contributed by atoms with E-state index < -0.39 is 0 Å². The predicted molar refractivity (Wildman–Crippen MR) is 78.2 cm³/mol. The lowest BCUT2D eigenvalue weighted by Crippen LogP contribution is -2.17. The summed E-state index contributed by atoms with van der Waals surface area (Å²) in [5.74, 6) is 1.08. The van der Waals surface area contributed by atoms with Crippen LogP contribution in [-0.2, 0) is 4.79 Å². The van der Waals surface area contributed by atoms with Crippen LogP contribution in [-0.4, -0.2) is 15.2 Å². The number of thioether (sulfide) groups is 1. The van der Waals surface area contributed by atoms with Crippen molar-refractivity contribution in [3.8, 4) is 11.5 Å². The van der Waals surface area contributed by atoms with E-state index in [-0.39, 0.29) is 5.91 Å². The van der Waals surface area contributed by atoms with E-state index >= 15 is 0 Å². The molecule has 94 valence electrons. The molecule has 0 atom stereocenters. The van der Waals surface area contributed by atoms with Gasteiger partial charge >= 0.3 is 0 Å². The van der Waals surface area contributed by atoms with Crippen LogP contribution < -0.4 is 5.32 Å². The second-order valence-electron chi connectivity index (χ2n) is 3.77. The standard InChI is InChI=1S/C13H8N2O2S2/c16-12-11(19-13(18)15-12)7-8-4-5-10(17-8)9-3-1-2-6-14-9/h1-7H,(H,15,16,18). The zero-order valence-electron chi connectivity index (χ0n) is 9.62. The molecule has 6 heteroatoms. The van der Waals surface area contributed by atoms with Gasteiger partial charge in [0.2, 0.25) is 0 Å². The highest BCUT2D eigenvalue weighted by atomic mass is 32.2. The Kier molecular flexibility index (Phi) is 3.18. The molecule has 0 aromatic carbocycles. The molecule has 19 heavy (non-hydrogen) atoms. The van der Waals surface area contributed by atoms with E-state index in [9.17, 15) is 4.79 Å². The third-order valence-corrected chi connectivity index (χ3v) is 3.62. The molecule has 2 aromatic heterocycles. The van der Waals surface area contributed by atoms with Gasteiger partial charge in [-0.05, 0) is 24.3 Å². The fourth-order valence-corrected chi connectivity index (χ4v) is 2.65. The lowest BCUT2D eigenvalue weighted by molar-refractivity contribution is -0.115. The molecular formula is C13H8N2O2S2. The van der Waals surface area contributed by atoms with E-state index in [0.717, 1.165) is 5.69 Å². The van der Waals surface area contributed by atoms with E-state index in [0.29, 0.717) is 20.7 Å². The lowest BCUT2D eigenvalue weighted by atomic mass is 10.3. The number of furan rings is 1. The SMILES string of the molecule is O=C1NC(=S)SC1=Cc1ccc(-c2ccccn2)o1. The Labute approximate surface area is 118 Å². The molecule has 0 aliphatic carbocycles. The first-order valence-corrected chi connectivity index (χ1v) is 6.71. The van der Waals surface area contributed by atoms with Gasteiger partial charge in [-0.25, -0.2) is 0 Å². The Morgan fingerprint density at radius 3 is 2.89 bits per heavy atom. The summed E-state index contributed by atoms with van der Waals surface area (Å²) in [4.78, 5) is 16.3. The molecule has 1 saturated heterocycles. The van der Waals surface area contributed by atoms with E-state index in [1.54, 1.807) is 18.3 Å². The Morgan fingerprint density at radius 1 is 1.32 bits per heavy atom. The quantitative estimate of drug-likeness (QED) is 0.680. The van der Waals surface area contributed by atoms with Crippen LogP contribution in [0.15, 0.2) is 45.9 Å². The van der Waals surface area contributed by atoms with Crippen molar-refractivity contribution in [2.45, 2.75) is 0 Å². The average Bonchev–Trinajstić information content (AvgIpc) is 2.99. The maximum atomic E-state index is 11.5. The first-order chi connectivity index (χ1) is 9.22. The minimum atomic E-state index is -0.189. The third-order valence-electron chi connectivity index (χ3n) is 2.46. The number of rotatable bonds is 2. The zero-order chi connectivity index (χ0) is 13.2. The van der Waals surface area contributed by atoms with Crippen molar-refractivity contribution in [2.75, 3.05) is 0 Å². The maximum Gasteiger partial charge on any atom is 0.263 e. The Balaban J connectivity index is 1.89. The number of hydrogen-bond acceptors (Lipinski definition) is 5. The molecule has 0 bridgehead atoms. The zero-order valence-corrected chi connectivity index (χ0v) is 11.3. The second kappa shape index (κ2) is 4.99. The van der Waals surface area contributed by atoms with Crippen LogP contribution in [0.1, 0.15) is 5.76 Å². The van der Waals surface area contributed by atoms with Crippen LogP contribution in [0.4, 0.5) is 0 Å². The smallest absolute Gasteiger partial charge is 0.263 e. The minimum Gasteiger partial charge on any atom is -0.455 e. The van der Waals surface area contributed by atoms with Crippen LogP contribution in [0.5, 0.6) is 0 Å². The lowest BCUT2D eigenvalue weighted by Gasteiger charge is -1.94. The molecule has 1 aliphatic heterocycles. The van der Waals surface area contributed by atoms with E-state index in [2.05, 4.69) is 10.3 Å². The summed E-state index contributed by atoms with van der Waals surface area (Å²) in [7, 11) is 0. The maximum absolute atomic E-state index is 11.5. The molecule has 4 nitrogen and oxygen atoms in total. The first-order valence-electron chi connectivity index (χ1n) is 5.48. The number of carbonyl (C=O) groups excluding carboxylic acids is 1. The van der Waals surface area contributed by atoms with Crippen molar-refractivity contribution in [3.63, 3.8) is 0 Å². The van der Waals surface area contributed by atoms with Crippen molar-refractivity contribution < 1.29 is 9.21 Å². The summed E-state index contributed by atoms with van der Waals surface area (Å²) in [5, 5.41) is 2.56. The molecular weight excluding hydrogens is 280 g/mol. The van der Waals surface area contributed by atoms with Crippen LogP contribution >= 0.6 is 24.0 Å². The fourth-order valence-electron chi connectivity index (χ4n) is 1.63. The average molecular weight is 288 g/mol. The molecule has 1 aliphatic rings. The third kappa shape index (κ3) is 2.59. The summed E-state index contributed by atoms with van der Waals surface area (Å²) in [5.41, 5.74) is 0.756. The normalized spacial score (nSPS) is 16.9. The largest absolute Gasteiger partial charge is 0.455 e. The van der Waals surface area contributed by atoms with E-state index in [1.807, 2.05) is 24.3 Å². The summed E-state index contributed by atoms with van der Waals surface area (Å²) < 4.78 is 6.11. The molecule has 2 aromatic rings. The number of aromatic nitrogens is 1. The number of carbonyl (C=O) groups is 1. The van der Waals surface area contributed by atoms with Crippen molar-refractivity contribution in [3.05, 3.63) is 47.2 Å². The van der Waals surface area contributed by atoms with Crippen LogP contribution in [0.3, 0.4) is 0 Å². The van der Waals surface area contributed by atoms with E-state index in [1.165, 1.54) is 11.8 Å². The molecule has 1 amide bonds. The monoisotopic (exact) mass is 288 g/mol. The number of pyridine rings is 1. The van der Waals surface area contributed by atoms with Gasteiger partial charge in [0, 0.05) is 12.3 Å². The minimum absolute atomic E-state index is 0.189. The van der Waals surface area contributed by atoms with Gasteiger partial charge in [-0.1, -0.05) is 30.0 Å². The van der Waals surface area contributed by atoms with E-state index in [4.69, 9.17) is 16.6 Å². The second-order valence-corrected chi connectivity index (χ2v) is 5.49. The Bertz CT molecular complexity index is 677. The molecule has 0 radical (unpaired) electrons. The molecule has 1 N–H and O–H groups in total. The van der Waals surface area contributed by atoms with Crippen molar-refractivity contribution in [1.82, 2.24) is 10.3 Å². The van der Waals surface area contributed by atoms with Gasteiger partial charge in [-0.2, -0.15) is 0 Å². The first kappa shape index (κ1) is 12.1. The van der Waals surface area contributed by atoms with Crippen LogP contribution in [0.25, 0.3) is 17.5 Å². The number of amides is 1. The molecule has 1 fully saturated rings. The van der Waals surface area contributed by atoms with Crippen molar-refractivity contribution in [1.29, 1.82) is 0 Å². The summed E-state index contributed by atoms with van der Waals surface area (Å²) in [6.45, 7) is 0. The van der Waals surface area contributed by atoms with Gasteiger partial charge in [0.15, 0.2) is 5.76 Å².